The number of urea groups is 1. The van der Waals surface area contributed by atoms with Crippen molar-refractivity contribution in [2.75, 3.05) is 18.1 Å². The van der Waals surface area contributed by atoms with Crippen LogP contribution in [-0.4, -0.2) is 52.7 Å². The molecule has 33 heavy (non-hydrogen) atoms. The Morgan fingerprint density at radius 1 is 1.45 bits per heavy atom. The Labute approximate surface area is 192 Å². The number of nitrogens with zero attached hydrogens (tertiary/aromatic N) is 3. The lowest BCUT2D eigenvalue weighted by molar-refractivity contribution is -0.130. The van der Waals surface area contributed by atoms with E-state index < -0.39 is 41.6 Å². The van der Waals surface area contributed by atoms with Gasteiger partial charge in [-0.05, 0) is 43.4 Å². The van der Waals surface area contributed by atoms with E-state index in [0.29, 0.717) is 11.4 Å². The van der Waals surface area contributed by atoms with Gasteiger partial charge in [-0.25, -0.2) is 18.6 Å². The number of aryl methyl sites for hydroxylation is 1. The summed E-state index contributed by atoms with van der Waals surface area (Å²) in [5, 5.41) is 2.34. The summed E-state index contributed by atoms with van der Waals surface area (Å²) >= 11 is 0.957. The van der Waals surface area contributed by atoms with Crippen LogP contribution in [0.25, 0.3) is 10.6 Å². The maximum atomic E-state index is 15.5. The third-order valence-electron chi connectivity index (χ3n) is 5.72. The summed E-state index contributed by atoms with van der Waals surface area (Å²) in [4.78, 5) is 30.1. The van der Waals surface area contributed by atoms with E-state index in [2.05, 4.69) is 21.3 Å². The van der Waals surface area contributed by atoms with Crippen LogP contribution in [-0.2, 0) is 20.7 Å². The largest absolute Gasteiger partial charge is 0.499 e. The van der Waals surface area contributed by atoms with Gasteiger partial charge in [-0.3, -0.25) is 10.1 Å². The minimum atomic E-state index is -1.04. The van der Waals surface area contributed by atoms with Gasteiger partial charge in [-0.15, -0.1) is 0 Å². The fourth-order valence-corrected chi connectivity index (χ4v) is 5.23. The molecule has 1 aromatic heterocycles. The fourth-order valence-electron chi connectivity index (χ4n) is 4.56. The fraction of sp³-hybridized carbons (Fsp3) is 0.429. The van der Waals surface area contributed by atoms with Crippen LogP contribution in [0, 0.1) is 24.5 Å². The first-order valence-electron chi connectivity index (χ1n) is 10.3. The molecule has 176 valence electrons. The van der Waals surface area contributed by atoms with Gasteiger partial charge in [0, 0.05) is 6.54 Å². The number of hydrogen-bond acceptors (Lipinski definition) is 8. The lowest BCUT2D eigenvalue weighted by Crippen LogP contribution is -2.64. The van der Waals surface area contributed by atoms with Crippen LogP contribution >= 0.6 is 11.5 Å². The number of rotatable bonds is 5. The van der Waals surface area contributed by atoms with E-state index in [9.17, 15) is 9.59 Å². The molecule has 1 aromatic carbocycles. The lowest BCUT2D eigenvalue weighted by Gasteiger charge is -2.50. The number of halogens is 2. The first-order chi connectivity index (χ1) is 15.7. The van der Waals surface area contributed by atoms with E-state index in [1.807, 2.05) is 0 Å². The highest BCUT2D eigenvalue weighted by atomic mass is 32.1. The Hall–Kier alpha value is -3.12. The molecule has 2 aliphatic rings. The van der Waals surface area contributed by atoms with Crippen molar-refractivity contribution in [3.05, 3.63) is 41.9 Å². The van der Waals surface area contributed by atoms with Gasteiger partial charge >= 0.3 is 6.03 Å². The van der Waals surface area contributed by atoms with Crippen LogP contribution in [0.4, 0.5) is 19.3 Å². The van der Waals surface area contributed by atoms with Crippen LogP contribution in [0.15, 0.2) is 18.9 Å². The van der Waals surface area contributed by atoms with Crippen molar-refractivity contribution in [3.8, 4) is 10.6 Å². The van der Waals surface area contributed by atoms with E-state index >= 15 is 8.78 Å². The molecule has 4 atom stereocenters. The number of benzene rings is 1. The number of primary amides is 1. The van der Waals surface area contributed by atoms with Crippen LogP contribution in [0.5, 0.6) is 0 Å². The third kappa shape index (κ3) is 4.27. The molecule has 0 aliphatic carbocycles. The molecule has 12 heteroatoms. The summed E-state index contributed by atoms with van der Waals surface area (Å²) in [6.07, 6.45) is 0.230. The van der Waals surface area contributed by atoms with Gasteiger partial charge in [0.05, 0.1) is 35.6 Å². The van der Waals surface area contributed by atoms with Gasteiger partial charge in [-0.2, -0.15) is 4.37 Å². The molecule has 2 aromatic rings. The maximum Gasteiger partial charge on any atom is 0.318 e. The topological polar surface area (TPSA) is 120 Å². The number of nitrogens with one attached hydrogen (secondary N) is 1. The number of carbonyl (C=O) groups excluding carboxylic acids is 2. The number of aromatic nitrogens is 2. The Morgan fingerprint density at radius 3 is 2.85 bits per heavy atom. The van der Waals surface area contributed by atoms with Gasteiger partial charge in [0.1, 0.15) is 23.5 Å². The zero-order valence-electron chi connectivity index (χ0n) is 18.0. The third-order valence-corrected chi connectivity index (χ3v) is 6.56. The number of carbonyl (C=O) groups is 2. The van der Waals surface area contributed by atoms with Crippen molar-refractivity contribution in [1.82, 2.24) is 14.7 Å². The average molecular weight is 480 g/mol. The van der Waals surface area contributed by atoms with Crippen LogP contribution < -0.4 is 16.0 Å². The highest BCUT2D eigenvalue weighted by Gasteiger charge is 2.49. The number of anilines is 1. The molecule has 0 radical (unpaired) electrons. The minimum Gasteiger partial charge on any atom is -0.499 e. The number of amides is 3. The predicted molar refractivity (Wildman–Crippen MR) is 117 cm³/mol. The normalized spacial score (nSPS) is 23.9. The molecule has 0 saturated carbocycles. The highest BCUT2D eigenvalue weighted by molar-refractivity contribution is 7.09. The Morgan fingerprint density at radius 2 is 2.21 bits per heavy atom. The quantitative estimate of drug-likeness (QED) is 0.632. The van der Waals surface area contributed by atoms with Gasteiger partial charge in [-0.1, -0.05) is 6.58 Å². The molecule has 3 N–H and O–H groups in total. The van der Waals surface area contributed by atoms with Crippen molar-refractivity contribution in [3.63, 3.8) is 0 Å². The highest BCUT2D eigenvalue weighted by Crippen LogP contribution is 2.43. The molecule has 1 fully saturated rings. The Balaban J connectivity index is 1.85. The van der Waals surface area contributed by atoms with Crippen molar-refractivity contribution in [2.24, 2.45) is 11.7 Å². The van der Waals surface area contributed by atoms with Gasteiger partial charge in [0.15, 0.2) is 11.6 Å². The lowest BCUT2D eigenvalue weighted by atomic mass is 9.80. The second-order valence-corrected chi connectivity index (χ2v) is 8.75. The van der Waals surface area contributed by atoms with Gasteiger partial charge < -0.3 is 20.1 Å². The van der Waals surface area contributed by atoms with Crippen LogP contribution in [0.1, 0.15) is 18.3 Å². The molecule has 2 aliphatic heterocycles. The summed E-state index contributed by atoms with van der Waals surface area (Å²) in [7, 11) is 0. The molecule has 3 heterocycles. The molecule has 4 rings (SSSR count). The van der Waals surface area contributed by atoms with E-state index in [1.54, 1.807) is 18.7 Å². The first kappa shape index (κ1) is 23.1. The van der Waals surface area contributed by atoms with E-state index in [0.717, 1.165) is 11.5 Å². The SMILES string of the molecule is C=COCC1OC(C)CN2c3c(cc(-c4nc(C)ns4)c(F)c3F)C[C@@H](C(=O)NC(N)=O)C12. The zero-order chi connectivity index (χ0) is 23.9. The summed E-state index contributed by atoms with van der Waals surface area (Å²) in [5.74, 6) is -3.11. The molecule has 9 nitrogen and oxygen atoms in total. The van der Waals surface area contributed by atoms with Crippen molar-refractivity contribution in [1.29, 1.82) is 0 Å². The van der Waals surface area contributed by atoms with Crippen LogP contribution in [0.2, 0.25) is 0 Å². The number of ether oxygens (including phenoxy) is 2. The number of hydrogen-bond donors (Lipinski definition) is 2. The summed E-state index contributed by atoms with van der Waals surface area (Å²) in [5.41, 5.74) is 5.61. The summed E-state index contributed by atoms with van der Waals surface area (Å²) in [6.45, 7) is 7.20. The van der Waals surface area contributed by atoms with Crippen molar-refractivity contribution < 1.29 is 27.8 Å². The van der Waals surface area contributed by atoms with E-state index in [-0.39, 0.29) is 41.9 Å². The summed E-state index contributed by atoms with van der Waals surface area (Å²) in [6, 6.07) is -0.239. The smallest absolute Gasteiger partial charge is 0.318 e. The maximum absolute atomic E-state index is 15.5. The van der Waals surface area contributed by atoms with Crippen molar-refractivity contribution >= 4 is 29.2 Å². The Kier molecular flexibility index (Phi) is 6.30. The monoisotopic (exact) mass is 479 g/mol. The van der Waals surface area contributed by atoms with Crippen LogP contribution in [0.3, 0.4) is 0 Å². The number of imide groups is 1. The average Bonchev–Trinajstić information content (AvgIpc) is 3.18. The minimum absolute atomic E-state index is 0.0277. The molecular weight excluding hydrogens is 456 g/mol. The van der Waals surface area contributed by atoms with Gasteiger partial charge in [0.2, 0.25) is 5.91 Å². The molecule has 1 saturated heterocycles. The van der Waals surface area contributed by atoms with E-state index in [4.69, 9.17) is 15.2 Å². The molecular formula is C21H23F2N5O4S. The Bertz CT molecular complexity index is 1110. The second-order valence-electron chi connectivity index (χ2n) is 8.00. The zero-order valence-corrected chi connectivity index (χ0v) is 18.8. The molecule has 0 bridgehead atoms. The standard InChI is InChI=1S/C21H23F2N5O4S/c1-4-31-8-14-18-13(19(29)26-21(24)30)6-11-5-12(20-25-10(3)27-33-20)15(22)16(23)17(11)28(18)7-9(2)32-14/h4-5,9,13-14,18H,1,6-8H2,2-3H3,(H3,24,26,29,30)/t9?,13-,14?,18?/m1/s1. The predicted octanol–water partition coefficient (Wildman–Crippen LogP) is 2.28. The molecule has 0 spiro atoms. The number of nitrogens with two attached hydrogens (primary N) is 1. The molecule has 3 amide bonds. The number of morpholine rings is 1. The van der Waals surface area contributed by atoms with E-state index in [1.165, 1.54) is 12.3 Å². The van der Waals surface area contributed by atoms with Gasteiger partial charge in [0.25, 0.3) is 0 Å². The first-order valence-corrected chi connectivity index (χ1v) is 11.0. The second kappa shape index (κ2) is 9.02. The molecule has 3 unspecified atom stereocenters. The van der Waals surface area contributed by atoms with Crippen molar-refractivity contribution in [2.45, 2.75) is 38.5 Å². The summed E-state index contributed by atoms with van der Waals surface area (Å²) < 4.78 is 46.1. The number of fused-ring (bicyclic) bond motifs is 3.